The number of nitrogens with zero attached hydrogens (tertiary/aromatic N) is 1. The van der Waals surface area contributed by atoms with E-state index in [1.54, 1.807) is 6.07 Å². The molecular formula is C23H26Cl2F2N2O4. The van der Waals surface area contributed by atoms with Gasteiger partial charge in [-0.1, -0.05) is 23.2 Å². The fourth-order valence-corrected chi connectivity index (χ4v) is 3.74. The zero-order chi connectivity index (χ0) is 23.8. The van der Waals surface area contributed by atoms with Gasteiger partial charge in [0.05, 0.1) is 10.0 Å². The summed E-state index contributed by atoms with van der Waals surface area (Å²) in [6, 6.07) is 8.16. The lowest BCUT2D eigenvalue weighted by atomic mass is 9.96. The van der Waals surface area contributed by atoms with Crippen molar-refractivity contribution in [2.45, 2.75) is 18.9 Å². The highest BCUT2D eigenvalue weighted by molar-refractivity contribution is 6.31. The van der Waals surface area contributed by atoms with Gasteiger partial charge in [0.1, 0.15) is 35.8 Å². The second-order valence-corrected chi connectivity index (χ2v) is 8.77. The van der Waals surface area contributed by atoms with E-state index in [2.05, 4.69) is 10.2 Å². The highest BCUT2D eigenvalue weighted by atomic mass is 35.5. The summed E-state index contributed by atoms with van der Waals surface area (Å²) < 4.78 is 37.6. The number of rotatable bonds is 10. The van der Waals surface area contributed by atoms with Crippen LogP contribution in [0.3, 0.4) is 0 Å². The van der Waals surface area contributed by atoms with Crippen molar-refractivity contribution in [3.63, 3.8) is 0 Å². The molecule has 1 atom stereocenters. The first-order valence-electron chi connectivity index (χ1n) is 10.6. The molecule has 0 spiro atoms. The number of hydrogen-bond donors (Lipinski definition) is 2. The van der Waals surface area contributed by atoms with Crippen molar-refractivity contribution in [1.29, 1.82) is 0 Å². The molecule has 2 aromatic rings. The van der Waals surface area contributed by atoms with Crippen LogP contribution in [0, 0.1) is 17.6 Å². The normalized spacial score (nSPS) is 15.8. The van der Waals surface area contributed by atoms with Crippen LogP contribution in [-0.4, -0.2) is 61.4 Å². The lowest BCUT2D eigenvalue weighted by molar-refractivity contribution is -0.123. The Balaban J connectivity index is 1.29. The van der Waals surface area contributed by atoms with Gasteiger partial charge in [-0.2, -0.15) is 0 Å². The lowest BCUT2D eigenvalue weighted by Gasteiger charge is -2.33. The molecule has 1 saturated heterocycles. The molecule has 0 bridgehead atoms. The zero-order valence-electron chi connectivity index (χ0n) is 17.9. The summed E-state index contributed by atoms with van der Waals surface area (Å²) in [6.45, 7) is 2.39. The van der Waals surface area contributed by atoms with Crippen LogP contribution >= 0.6 is 23.2 Å². The maximum atomic E-state index is 13.4. The number of piperidine rings is 1. The van der Waals surface area contributed by atoms with Crippen molar-refractivity contribution in [3.8, 4) is 11.5 Å². The number of carbonyl (C=O) groups excluding carboxylic acids is 1. The summed E-state index contributed by atoms with van der Waals surface area (Å²) in [7, 11) is 0. The van der Waals surface area contributed by atoms with Gasteiger partial charge in [-0.25, -0.2) is 8.78 Å². The summed E-state index contributed by atoms with van der Waals surface area (Å²) in [5.41, 5.74) is 0. The number of likely N-dealkylation sites (tertiary alicyclic amines) is 1. The van der Waals surface area contributed by atoms with Crippen molar-refractivity contribution < 1.29 is 28.2 Å². The number of hydrogen-bond acceptors (Lipinski definition) is 5. The fraction of sp³-hybridized carbons (Fsp3) is 0.435. The Morgan fingerprint density at radius 3 is 2.21 bits per heavy atom. The first kappa shape index (κ1) is 25.5. The predicted molar refractivity (Wildman–Crippen MR) is 122 cm³/mol. The summed E-state index contributed by atoms with van der Waals surface area (Å²) >= 11 is 11.3. The van der Waals surface area contributed by atoms with Gasteiger partial charge in [-0.05, 0) is 56.1 Å². The fourth-order valence-electron chi connectivity index (χ4n) is 3.51. The van der Waals surface area contributed by atoms with Crippen LogP contribution in [0.2, 0.25) is 10.0 Å². The van der Waals surface area contributed by atoms with Crippen molar-refractivity contribution in [3.05, 3.63) is 58.1 Å². The van der Waals surface area contributed by atoms with Crippen molar-refractivity contribution in [1.82, 2.24) is 10.2 Å². The summed E-state index contributed by atoms with van der Waals surface area (Å²) in [5.74, 6) is -0.567. The molecule has 6 nitrogen and oxygen atoms in total. The van der Waals surface area contributed by atoms with Gasteiger partial charge < -0.3 is 24.8 Å². The van der Waals surface area contributed by atoms with Gasteiger partial charge in [0.2, 0.25) is 0 Å². The Kier molecular flexibility index (Phi) is 9.55. The Bertz CT molecular complexity index is 943. The monoisotopic (exact) mass is 502 g/mol. The van der Waals surface area contributed by atoms with E-state index >= 15 is 0 Å². The molecule has 33 heavy (non-hydrogen) atoms. The molecule has 0 aromatic heterocycles. The van der Waals surface area contributed by atoms with Crippen LogP contribution < -0.4 is 14.8 Å². The molecule has 10 heteroatoms. The van der Waals surface area contributed by atoms with Crippen molar-refractivity contribution in [2.75, 3.05) is 39.4 Å². The van der Waals surface area contributed by atoms with E-state index in [1.165, 1.54) is 24.3 Å². The van der Waals surface area contributed by atoms with E-state index in [0.29, 0.717) is 24.8 Å². The summed E-state index contributed by atoms with van der Waals surface area (Å²) in [5, 5.41) is 13.1. The average molecular weight is 503 g/mol. The second kappa shape index (κ2) is 12.4. The third kappa shape index (κ3) is 8.30. The molecule has 1 unspecified atom stereocenters. The van der Waals surface area contributed by atoms with E-state index in [0.717, 1.165) is 32.0 Å². The number of benzene rings is 2. The third-order valence-electron chi connectivity index (χ3n) is 5.36. The van der Waals surface area contributed by atoms with E-state index in [1.807, 2.05) is 0 Å². The minimum atomic E-state index is -0.713. The van der Waals surface area contributed by atoms with Crippen LogP contribution in [0.15, 0.2) is 36.4 Å². The molecule has 2 aromatic carbocycles. The Hall–Kier alpha value is -2.13. The van der Waals surface area contributed by atoms with E-state index in [-0.39, 0.29) is 34.9 Å². The molecule has 1 fully saturated rings. The molecule has 1 amide bonds. The third-order valence-corrected chi connectivity index (χ3v) is 5.97. The van der Waals surface area contributed by atoms with Gasteiger partial charge in [0.15, 0.2) is 6.61 Å². The maximum absolute atomic E-state index is 13.4. The Morgan fingerprint density at radius 2 is 1.64 bits per heavy atom. The molecule has 0 aliphatic carbocycles. The van der Waals surface area contributed by atoms with E-state index in [9.17, 15) is 18.7 Å². The van der Waals surface area contributed by atoms with Gasteiger partial charge >= 0.3 is 0 Å². The van der Waals surface area contributed by atoms with Crippen LogP contribution in [0.25, 0.3) is 0 Å². The van der Waals surface area contributed by atoms with Gasteiger partial charge in [0, 0.05) is 25.2 Å². The molecule has 1 heterocycles. The zero-order valence-corrected chi connectivity index (χ0v) is 19.4. The molecule has 1 aliphatic rings. The topological polar surface area (TPSA) is 71.0 Å². The SMILES string of the molecule is O=C(COc1ccc(Cl)c(F)c1)NCC1CCN(CC(O)COc2ccc(Cl)c(F)c2)CC1. The molecule has 0 radical (unpaired) electrons. The standard InChI is InChI=1S/C23H26Cl2F2N2O4/c24-19-3-1-17(9-21(19)26)32-13-16(30)12-29-7-5-15(6-8-29)11-28-23(31)14-33-18-2-4-20(25)22(27)10-18/h1-4,9-10,15-16,30H,5-8,11-14H2,(H,28,31). The van der Waals surface area contributed by atoms with Crippen LogP contribution in [0.1, 0.15) is 12.8 Å². The summed E-state index contributed by atoms with van der Waals surface area (Å²) in [4.78, 5) is 14.1. The number of aliphatic hydroxyl groups is 1. The predicted octanol–water partition coefficient (Wildman–Crippen LogP) is 3.92. The number of halogens is 4. The maximum Gasteiger partial charge on any atom is 0.257 e. The molecule has 3 rings (SSSR count). The van der Waals surface area contributed by atoms with Crippen molar-refractivity contribution >= 4 is 29.1 Å². The van der Waals surface area contributed by atoms with Gasteiger partial charge in [-0.3, -0.25) is 4.79 Å². The number of amides is 1. The van der Waals surface area contributed by atoms with Gasteiger partial charge in [-0.15, -0.1) is 0 Å². The van der Waals surface area contributed by atoms with Crippen molar-refractivity contribution in [2.24, 2.45) is 5.92 Å². The highest BCUT2D eigenvalue weighted by Gasteiger charge is 2.22. The number of ether oxygens (including phenoxy) is 2. The largest absolute Gasteiger partial charge is 0.491 e. The molecular weight excluding hydrogens is 477 g/mol. The quantitative estimate of drug-likeness (QED) is 0.515. The number of nitrogens with one attached hydrogen (secondary N) is 1. The number of aliphatic hydroxyl groups excluding tert-OH is 1. The van der Waals surface area contributed by atoms with Crippen LogP contribution in [0.5, 0.6) is 11.5 Å². The van der Waals surface area contributed by atoms with E-state index < -0.39 is 17.7 Å². The minimum absolute atomic E-state index is 0.00451. The average Bonchev–Trinajstić information content (AvgIpc) is 2.80. The van der Waals surface area contributed by atoms with E-state index in [4.69, 9.17) is 32.7 Å². The van der Waals surface area contributed by atoms with Crippen LogP contribution in [0.4, 0.5) is 8.78 Å². The number of β-amino-alcohol motifs (C(OH)–C–C–N with tert-alkyl or cyclic N) is 1. The lowest BCUT2D eigenvalue weighted by Crippen LogP contribution is -2.43. The molecule has 1 aliphatic heterocycles. The highest BCUT2D eigenvalue weighted by Crippen LogP contribution is 2.22. The Morgan fingerprint density at radius 1 is 1.06 bits per heavy atom. The first-order valence-corrected chi connectivity index (χ1v) is 11.4. The number of carbonyl (C=O) groups is 1. The summed E-state index contributed by atoms with van der Waals surface area (Å²) in [6.07, 6.45) is 1.04. The smallest absolute Gasteiger partial charge is 0.257 e. The molecule has 0 saturated carbocycles. The first-order chi connectivity index (χ1) is 15.8. The second-order valence-electron chi connectivity index (χ2n) is 7.95. The molecule has 180 valence electrons. The Labute approximate surface area is 201 Å². The molecule has 2 N–H and O–H groups in total. The van der Waals surface area contributed by atoms with Crippen LogP contribution in [-0.2, 0) is 4.79 Å². The van der Waals surface area contributed by atoms with Gasteiger partial charge in [0.25, 0.3) is 5.91 Å². The minimum Gasteiger partial charge on any atom is -0.491 e.